The van der Waals surface area contributed by atoms with Crippen LogP contribution in [-0.4, -0.2) is 34.3 Å². The third-order valence-electron chi connectivity index (χ3n) is 9.75. The first kappa shape index (κ1) is 37.4. The molecule has 6 rings (SSSR count). The minimum absolute atomic E-state index is 0. The molecule has 0 bridgehead atoms. The van der Waals surface area contributed by atoms with Gasteiger partial charge in [0.25, 0.3) is 0 Å². The van der Waals surface area contributed by atoms with Gasteiger partial charge in [-0.2, -0.15) is 0 Å². The van der Waals surface area contributed by atoms with Crippen molar-refractivity contribution in [3.63, 3.8) is 0 Å². The van der Waals surface area contributed by atoms with Gasteiger partial charge < -0.3 is 28.7 Å². The van der Waals surface area contributed by atoms with E-state index in [1.54, 1.807) is 22.7 Å². The fraction of sp³-hybridized carbons (Fsp3) is 0.310. The molecule has 0 saturated heterocycles. The zero-order valence-electron chi connectivity index (χ0n) is 29.4. The molecule has 5 aromatic rings. The largest absolute Gasteiger partial charge is 1.00 e. The molecule has 1 amide bonds. The number of amides is 1. The first-order chi connectivity index (χ1) is 23.8. The van der Waals surface area contributed by atoms with E-state index in [0.29, 0.717) is 17.3 Å². The molecule has 1 aromatic heterocycles. The number of hydrogen-bond donors (Lipinski definition) is 0. The van der Waals surface area contributed by atoms with E-state index in [4.69, 9.17) is 9.84 Å². The van der Waals surface area contributed by atoms with Crippen LogP contribution >= 0.6 is 7.26 Å². The van der Waals surface area contributed by atoms with Gasteiger partial charge in [0.2, 0.25) is 5.91 Å². The zero-order valence-corrected chi connectivity index (χ0v) is 32.5. The molecule has 0 unspecified atom stereocenters. The van der Waals surface area contributed by atoms with Crippen LogP contribution in [0.25, 0.3) is 5.69 Å². The summed E-state index contributed by atoms with van der Waals surface area (Å²) >= 11 is 0. The molecule has 4 aromatic carbocycles. The highest BCUT2D eigenvalue weighted by Gasteiger charge is 2.45. The normalized spacial score (nSPS) is 16.0. The molecule has 0 spiro atoms. The Labute approximate surface area is 314 Å². The van der Waals surface area contributed by atoms with Crippen LogP contribution < -0.4 is 44.8 Å². The Morgan fingerprint density at radius 3 is 1.76 bits per heavy atom. The van der Waals surface area contributed by atoms with Gasteiger partial charge in [-0.15, -0.1) is 5.10 Å². The van der Waals surface area contributed by atoms with Crippen molar-refractivity contribution in [2.45, 2.75) is 65.6 Å². The van der Waals surface area contributed by atoms with E-state index in [-0.39, 0.29) is 48.5 Å². The topological polar surface area (TPSA) is 64.4 Å². The lowest BCUT2D eigenvalue weighted by Gasteiger charge is -2.32. The molecule has 0 N–H and O–H groups in total. The summed E-state index contributed by atoms with van der Waals surface area (Å²) in [6.45, 7) is 8.24. The monoisotopic (exact) mass is 799 g/mol. The van der Waals surface area contributed by atoms with Gasteiger partial charge in [-0.25, -0.2) is 9.48 Å². The maximum atomic E-state index is 14.0. The Morgan fingerprint density at radius 2 is 1.30 bits per heavy atom. The van der Waals surface area contributed by atoms with Crippen LogP contribution in [0.4, 0.5) is 5.82 Å². The molecular formula is C42H47IN3O3P. The highest BCUT2D eigenvalue weighted by atomic mass is 127. The van der Waals surface area contributed by atoms with Gasteiger partial charge >= 0.3 is 5.97 Å². The number of nitrogens with zero attached hydrogens (tertiary/aromatic N) is 3. The summed E-state index contributed by atoms with van der Waals surface area (Å²) in [4.78, 5) is 29.0. The molecular weight excluding hydrogens is 752 g/mol. The van der Waals surface area contributed by atoms with Crippen LogP contribution in [-0.2, 0) is 15.7 Å². The van der Waals surface area contributed by atoms with Gasteiger partial charge in [0.15, 0.2) is 5.82 Å². The molecule has 1 fully saturated rings. The van der Waals surface area contributed by atoms with Crippen molar-refractivity contribution in [2.75, 3.05) is 11.5 Å². The Kier molecular flexibility index (Phi) is 12.7. The lowest BCUT2D eigenvalue weighted by atomic mass is 9.82. The van der Waals surface area contributed by atoms with Gasteiger partial charge in [0.1, 0.15) is 28.7 Å². The molecule has 0 radical (unpaired) electrons. The van der Waals surface area contributed by atoms with Crippen LogP contribution in [0.1, 0.15) is 69.3 Å². The van der Waals surface area contributed by atoms with E-state index in [1.807, 2.05) is 13.8 Å². The number of hydrogen-bond acceptors (Lipinski definition) is 4. The highest BCUT2D eigenvalue weighted by Crippen LogP contribution is 2.58. The molecule has 50 heavy (non-hydrogen) atoms. The Hall–Kier alpha value is -3.81. The number of benzene rings is 4. The number of rotatable bonds is 11. The summed E-state index contributed by atoms with van der Waals surface area (Å²) in [5.74, 6) is 0.494. The van der Waals surface area contributed by atoms with Crippen molar-refractivity contribution < 1.29 is 38.3 Å². The lowest BCUT2D eigenvalue weighted by molar-refractivity contribution is -0.124. The van der Waals surface area contributed by atoms with E-state index in [1.165, 1.54) is 21.5 Å². The first-order valence-electron chi connectivity index (χ1n) is 17.6. The zero-order chi connectivity index (χ0) is 34.4. The summed E-state index contributed by atoms with van der Waals surface area (Å²) in [5.41, 5.74) is 2.32. The Morgan fingerprint density at radius 1 is 0.800 bits per heavy atom. The van der Waals surface area contributed by atoms with Crippen LogP contribution in [0.3, 0.4) is 0 Å². The average Bonchev–Trinajstić information content (AvgIpc) is 3.57. The van der Waals surface area contributed by atoms with Crippen molar-refractivity contribution >= 4 is 40.9 Å². The maximum absolute atomic E-state index is 14.0. The third kappa shape index (κ3) is 7.89. The minimum atomic E-state index is -2.07. The summed E-state index contributed by atoms with van der Waals surface area (Å²) in [5, 5.41) is 8.91. The molecule has 1 saturated carbocycles. The van der Waals surface area contributed by atoms with Gasteiger partial charge in [0, 0.05) is 18.2 Å². The summed E-state index contributed by atoms with van der Waals surface area (Å²) in [7, 11) is -2.07. The highest BCUT2D eigenvalue weighted by molar-refractivity contribution is 7.95. The van der Waals surface area contributed by atoms with E-state index >= 15 is 0 Å². The third-order valence-corrected chi connectivity index (χ3v) is 14.1. The Bertz CT molecular complexity index is 1740. The van der Waals surface area contributed by atoms with E-state index < -0.39 is 13.2 Å². The second kappa shape index (κ2) is 16.9. The molecule has 1 aliphatic carbocycles. The number of carbonyl (C=O) groups excluding carboxylic acids is 2. The predicted octanol–water partition coefficient (Wildman–Crippen LogP) is 5.11. The number of anilines is 1. The molecule has 0 atom stereocenters. The number of halogens is 1. The van der Waals surface area contributed by atoms with Crippen molar-refractivity contribution in [1.82, 2.24) is 9.78 Å². The quantitative estimate of drug-likeness (QED) is 0.106. The van der Waals surface area contributed by atoms with Crippen molar-refractivity contribution in [3.05, 3.63) is 133 Å². The van der Waals surface area contributed by atoms with Gasteiger partial charge in [-0.1, -0.05) is 73.7 Å². The molecule has 0 aliphatic heterocycles. The smallest absolute Gasteiger partial charge is 0.343 e. The van der Waals surface area contributed by atoms with Gasteiger partial charge in [-0.05, 0) is 106 Å². The van der Waals surface area contributed by atoms with Crippen LogP contribution in [0.15, 0.2) is 121 Å². The number of aromatic nitrogens is 2. The van der Waals surface area contributed by atoms with Crippen molar-refractivity contribution in [1.29, 1.82) is 0 Å². The predicted molar refractivity (Wildman–Crippen MR) is 202 cm³/mol. The Balaban J connectivity index is 0.00000486. The molecule has 1 heterocycles. The fourth-order valence-electron chi connectivity index (χ4n) is 7.13. The van der Waals surface area contributed by atoms with Crippen molar-refractivity contribution in [2.24, 2.45) is 11.8 Å². The van der Waals surface area contributed by atoms with Crippen LogP contribution in [0.2, 0.25) is 0 Å². The molecule has 8 heteroatoms. The summed E-state index contributed by atoms with van der Waals surface area (Å²) in [6.07, 6.45) is 6.35. The van der Waals surface area contributed by atoms with E-state index in [9.17, 15) is 9.59 Å². The molecule has 6 nitrogen and oxygen atoms in total. The SMILES string of the molecule is CCOC(=O)c1cn(-c2ccc(C[P+](c3ccccc3)(c3ccccc3)c3ccccc3)cc2)nc1N(C(=O)C1CCC(C)CC1)C(C)C.[I-]. The number of esters is 1. The second-order valence-corrected chi connectivity index (χ2v) is 16.9. The average molecular weight is 800 g/mol. The summed E-state index contributed by atoms with van der Waals surface area (Å²) in [6, 6.07) is 40.9. The molecule has 260 valence electrons. The summed E-state index contributed by atoms with van der Waals surface area (Å²) < 4.78 is 7.17. The van der Waals surface area contributed by atoms with Crippen LogP contribution in [0.5, 0.6) is 0 Å². The van der Waals surface area contributed by atoms with Gasteiger partial charge in [0.05, 0.1) is 18.5 Å². The lowest BCUT2D eigenvalue weighted by Crippen LogP contribution is -3.00. The standard InChI is InChI=1S/C42H47N3O3P.HI/c1-5-48-42(47)39-29-44(43-40(39)45(31(2)3)41(46)34-25-21-32(4)22-26-34)35-27-23-33(24-28-35)30-49(36-15-9-6-10-16-36,37-17-11-7-12-18-37)38-19-13-8-14-20-38;/h6-20,23-24,27-29,31-32,34H,5,21-22,25-26,30H2,1-4H3;1H/q+1;/p-1. The van der Waals surface area contributed by atoms with Crippen LogP contribution in [0, 0.1) is 11.8 Å². The van der Waals surface area contributed by atoms with E-state index in [0.717, 1.165) is 37.5 Å². The molecule has 1 aliphatic rings. The second-order valence-electron chi connectivity index (χ2n) is 13.4. The maximum Gasteiger partial charge on any atom is 0.343 e. The van der Waals surface area contributed by atoms with Crippen molar-refractivity contribution in [3.8, 4) is 5.69 Å². The van der Waals surface area contributed by atoms with Gasteiger partial charge in [-0.3, -0.25) is 9.69 Å². The first-order valence-corrected chi connectivity index (χ1v) is 19.5. The fourth-order valence-corrected chi connectivity index (χ4v) is 11.4. The number of carbonyl (C=O) groups is 2. The minimum Gasteiger partial charge on any atom is -1.00 e. The van der Waals surface area contributed by atoms with E-state index in [2.05, 4.69) is 122 Å². The number of ether oxygens (including phenoxy) is 1.